The first-order valence-corrected chi connectivity index (χ1v) is 5.68. The van der Waals surface area contributed by atoms with Crippen molar-refractivity contribution >= 4 is 11.6 Å². The first-order chi connectivity index (χ1) is 7.68. The lowest BCUT2D eigenvalue weighted by atomic mass is 9.81. The van der Waals surface area contributed by atoms with Crippen molar-refractivity contribution in [1.29, 1.82) is 0 Å². The molecule has 1 fully saturated rings. The van der Waals surface area contributed by atoms with Gasteiger partial charge in [-0.15, -0.1) is 0 Å². The van der Waals surface area contributed by atoms with Crippen LogP contribution in [0.25, 0.3) is 0 Å². The number of rotatable bonds is 2. The molecule has 1 aliphatic rings. The van der Waals surface area contributed by atoms with E-state index >= 15 is 0 Å². The van der Waals surface area contributed by atoms with Crippen LogP contribution in [0.4, 0.5) is 5.82 Å². The molecule has 1 saturated carbocycles. The van der Waals surface area contributed by atoms with Crippen LogP contribution in [-0.4, -0.2) is 16.8 Å². The number of pyridine rings is 1. The molecule has 86 valence electrons. The summed E-state index contributed by atoms with van der Waals surface area (Å²) >= 11 is 0. The molecule has 0 radical (unpaired) electrons. The minimum absolute atomic E-state index is 0.0234. The molecule has 1 aromatic heterocycles. The van der Waals surface area contributed by atoms with Gasteiger partial charge in [0.25, 0.3) is 0 Å². The van der Waals surface area contributed by atoms with Gasteiger partial charge >= 0.3 is 0 Å². The Bertz CT molecular complexity index is 392. The fraction of sp³-hybridized carbons (Fsp3) is 0.500. The van der Waals surface area contributed by atoms with Gasteiger partial charge in [-0.3, -0.25) is 4.79 Å². The highest BCUT2D eigenvalue weighted by Gasteiger charge is 2.27. The molecule has 2 unspecified atom stereocenters. The highest BCUT2D eigenvalue weighted by molar-refractivity contribution is 6.01. The van der Waals surface area contributed by atoms with E-state index in [2.05, 4.69) is 4.98 Å². The summed E-state index contributed by atoms with van der Waals surface area (Å²) in [7, 11) is 0. The van der Waals surface area contributed by atoms with Gasteiger partial charge < -0.3 is 11.5 Å². The molecule has 1 heterocycles. The summed E-state index contributed by atoms with van der Waals surface area (Å²) < 4.78 is 0. The van der Waals surface area contributed by atoms with Crippen LogP contribution in [0.1, 0.15) is 36.0 Å². The highest BCUT2D eigenvalue weighted by Crippen LogP contribution is 2.27. The van der Waals surface area contributed by atoms with Crippen molar-refractivity contribution in [3.8, 4) is 0 Å². The molecule has 4 nitrogen and oxygen atoms in total. The number of Topliss-reactive ketones (excluding diaryl/α,β-unsaturated/α-hetero) is 1. The quantitative estimate of drug-likeness (QED) is 0.736. The van der Waals surface area contributed by atoms with Crippen LogP contribution in [0.2, 0.25) is 0 Å². The van der Waals surface area contributed by atoms with Crippen LogP contribution in [0, 0.1) is 5.92 Å². The number of carbonyl (C=O) groups excluding carboxylic acids is 1. The first-order valence-electron chi connectivity index (χ1n) is 5.68. The Morgan fingerprint density at radius 2 is 2.25 bits per heavy atom. The van der Waals surface area contributed by atoms with Crippen molar-refractivity contribution in [1.82, 2.24) is 4.98 Å². The second kappa shape index (κ2) is 4.61. The van der Waals surface area contributed by atoms with E-state index in [1.165, 1.54) is 0 Å². The normalized spacial score (nSPS) is 25.3. The zero-order valence-electron chi connectivity index (χ0n) is 9.23. The predicted octanol–water partition coefficient (Wildman–Crippen LogP) is 1.36. The summed E-state index contributed by atoms with van der Waals surface area (Å²) in [6.07, 6.45) is 5.33. The lowest BCUT2D eigenvalue weighted by molar-refractivity contribution is 0.0882. The van der Waals surface area contributed by atoms with Gasteiger partial charge in [-0.25, -0.2) is 4.98 Å². The smallest absolute Gasteiger partial charge is 0.169 e. The van der Waals surface area contributed by atoms with Crippen molar-refractivity contribution < 1.29 is 4.79 Å². The molecule has 4 heteroatoms. The minimum atomic E-state index is 0.0234. The molecule has 2 rings (SSSR count). The highest BCUT2D eigenvalue weighted by atomic mass is 16.1. The SMILES string of the molecule is Nc1ncccc1C(=O)C1CCCC(N)C1. The Labute approximate surface area is 95.0 Å². The number of hydrogen-bond acceptors (Lipinski definition) is 4. The number of hydrogen-bond donors (Lipinski definition) is 2. The Morgan fingerprint density at radius 1 is 1.44 bits per heavy atom. The number of carbonyl (C=O) groups is 1. The lowest BCUT2D eigenvalue weighted by Crippen LogP contribution is -2.31. The molecule has 16 heavy (non-hydrogen) atoms. The van der Waals surface area contributed by atoms with Gasteiger partial charge in [0, 0.05) is 18.2 Å². The molecule has 1 aromatic rings. The molecular weight excluding hydrogens is 202 g/mol. The average Bonchev–Trinajstić information content (AvgIpc) is 2.29. The number of anilines is 1. The van der Waals surface area contributed by atoms with Crippen molar-refractivity contribution in [2.75, 3.05) is 5.73 Å². The molecule has 0 aromatic carbocycles. The fourth-order valence-corrected chi connectivity index (χ4v) is 2.31. The van der Waals surface area contributed by atoms with Crippen LogP contribution in [-0.2, 0) is 0 Å². The van der Waals surface area contributed by atoms with Gasteiger partial charge in [0.1, 0.15) is 5.82 Å². The number of nitrogens with zero attached hydrogens (tertiary/aromatic N) is 1. The first kappa shape index (κ1) is 11.1. The van der Waals surface area contributed by atoms with E-state index < -0.39 is 0 Å². The zero-order valence-corrected chi connectivity index (χ0v) is 9.23. The van der Waals surface area contributed by atoms with Gasteiger partial charge in [-0.2, -0.15) is 0 Å². The minimum Gasteiger partial charge on any atom is -0.383 e. The van der Waals surface area contributed by atoms with E-state index in [0.717, 1.165) is 25.7 Å². The van der Waals surface area contributed by atoms with Gasteiger partial charge in [0.05, 0.1) is 5.56 Å². The van der Waals surface area contributed by atoms with Crippen molar-refractivity contribution in [2.45, 2.75) is 31.7 Å². The Morgan fingerprint density at radius 3 is 2.94 bits per heavy atom. The van der Waals surface area contributed by atoms with E-state index in [-0.39, 0.29) is 17.7 Å². The number of ketones is 1. The summed E-state index contributed by atoms with van der Waals surface area (Å²) in [5.41, 5.74) is 12.1. The number of nitrogens with two attached hydrogens (primary N) is 2. The molecule has 0 spiro atoms. The van der Waals surface area contributed by atoms with E-state index in [1.807, 2.05) is 0 Å². The largest absolute Gasteiger partial charge is 0.383 e. The maximum Gasteiger partial charge on any atom is 0.169 e. The topological polar surface area (TPSA) is 82.0 Å². The van der Waals surface area contributed by atoms with E-state index in [9.17, 15) is 4.79 Å². The third kappa shape index (κ3) is 2.22. The van der Waals surface area contributed by atoms with Crippen LogP contribution in [0.5, 0.6) is 0 Å². The zero-order chi connectivity index (χ0) is 11.5. The summed E-state index contributed by atoms with van der Waals surface area (Å²) in [5.74, 6) is 0.447. The van der Waals surface area contributed by atoms with Crippen molar-refractivity contribution in [3.05, 3.63) is 23.9 Å². The second-order valence-electron chi connectivity index (χ2n) is 4.42. The van der Waals surface area contributed by atoms with E-state index in [0.29, 0.717) is 11.4 Å². The second-order valence-corrected chi connectivity index (χ2v) is 4.42. The van der Waals surface area contributed by atoms with E-state index in [4.69, 9.17) is 11.5 Å². The van der Waals surface area contributed by atoms with Crippen molar-refractivity contribution in [3.63, 3.8) is 0 Å². The third-order valence-electron chi connectivity index (χ3n) is 3.19. The fourth-order valence-electron chi connectivity index (χ4n) is 2.31. The average molecular weight is 219 g/mol. The molecule has 0 amide bonds. The number of aromatic nitrogens is 1. The molecule has 2 atom stereocenters. The summed E-state index contributed by atoms with van der Waals surface area (Å²) in [4.78, 5) is 16.1. The summed E-state index contributed by atoms with van der Waals surface area (Å²) in [6, 6.07) is 3.64. The van der Waals surface area contributed by atoms with Crippen molar-refractivity contribution in [2.24, 2.45) is 11.7 Å². The lowest BCUT2D eigenvalue weighted by Gasteiger charge is -2.25. The van der Waals surface area contributed by atoms with Gasteiger partial charge in [0.15, 0.2) is 5.78 Å². The molecule has 0 bridgehead atoms. The van der Waals surface area contributed by atoms with E-state index in [1.54, 1.807) is 18.3 Å². The van der Waals surface area contributed by atoms with Gasteiger partial charge in [-0.1, -0.05) is 6.42 Å². The Hall–Kier alpha value is -1.42. The van der Waals surface area contributed by atoms with Crippen LogP contribution in [0.3, 0.4) is 0 Å². The number of nitrogen functional groups attached to an aromatic ring is 1. The van der Waals surface area contributed by atoms with Crippen LogP contribution < -0.4 is 11.5 Å². The third-order valence-corrected chi connectivity index (χ3v) is 3.19. The van der Waals surface area contributed by atoms with Crippen LogP contribution in [0.15, 0.2) is 18.3 Å². The maximum absolute atomic E-state index is 12.2. The van der Waals surface area contributed by atoms with Crippen LogP contribution >= 0.6 is 0 Å². The monoisotopic (exact) mass is 219 g/mol. The standard InChI is InChI=1S/C12H17N3O/c13-9-4-1-3-8(7-9)11(16)10-5-2-6-15-12(10)14/h2,5-6,8-9H,1,3-4,7,13H2,(H2,14,15). The molecule has 0 aliphatic heterocycles. The Kier molecular flexibility index (Phi) is 3.19. The van der Waals surface area contributed by atoms with Gasteiger partial charge in [0.2, 0.25) is 0 Å². The molecule has 0 saturated heterocycles. The molecule has 4 N–H and O–H groups in total. The Balaban J connectivity index is 2.16. The molecular formula is C12H17N3O. The predicted molar refractivity (Wildman–Crippen MR) is 62.9 cm³/mol. The van der Waals surface area contributed by atoms with Gasteiger partial charge in [-0.05, 0) is 31.4 Å². The summed E-state index contributed by atoms with van der Waals surface area (Å²) in [5, 5.41) is 0. The summed E-state index contributed by atoms with van der Waals surface area (Å²) in [6.45, 7) is 0. The molecule has 1 aliphatic carbocycles. The maximum atomic E-state index is 12.2.